The number of hydrogen-bond donors (Lipinski definition) is 0. The number of pyridine rings is 1. The van der Waals surface area contributed by atoms with E-state index in [1.54, 1.807) is 29.7 Å². The van der Waals surface area contributed by atoms with Crippen LogP contribution in [0, 0.1) is 0 Å². The van der Waals surface area contributed by atoms with E-state index in [1.165, 1.54) is 5.56 Å². The van der Waals surface area contributed by atoms with Crippen molar-refractivity contribution in [3.63, 3.8) is 0 Å². The molecule has 0 fully saturated rings. The van der Waals surface area contributed by atoms with Gasteiger partial charge >= 0.3 is 0 Å². The number of rotatable bonds is 4. The van der Waals surface area contributed by atoms with Gasteiger partial charge in [0.1, 0.15) is 5.69 Å². The van der Waals surface area contributed by atoms with Gasteiger partial charge in [0.25, 0.3) is 0 Å². The van der Waals surface area contributed by atoms with E-state index in [9.17, 15) is 4.79 Å². The summed E-state index contributed by atoms with van der Waals surface area (Å²) in [6, 6.07) is 5.43. The summed E-state index contributed by atoms with van der Waals surface area (Å²) in [6.07, 6.45) is 2.78. The molecule has 0 aliphatic heterocycles. The maximum atomic E-state index is 11.8. The molecule has 4 heteroatoms. The highest BCUT2D eigenvalue weighted by Crippen LogP contribution is 2.16. The van der Waals surface area contributed by atoms with Crippen LogP contribution in [0.1, 0.15) is 22.5 Å². The quantitative estimate of drug-likeness (QED) is 0.777. The minimum absolute atomic E-state index is 0.00296. The molecule has 0 spiro atoms. The average Bonchev–Trinajstić information content (AvgIpc) is 2.79. The zero-order valence-corrected chi connectivity index (χ0v) is 10.1. The smallest absolute Gasteiger partial charge is 0.183 e. The average molecular weight is 252 g/mol. The molecule has 0 saturated carbocycles. The number of Topliss-reactive ketones (excluding diaryl/α,β-unsaturated/α-hetero) is 1. The van der Waals surface area contributed by atoms with E-state index in [0.29, 0.717) is 17.1 Å². The Kier molecular flexibility index (Phi) is 3.70. The van der Waals surface area contributed by atoms with Crippen LogP contribution in [-0.4, -0.2) is 10.8 Å². The summed E-state index contributed by atoms with van der Waals surface area (Å²) in [7, 11) is 0. The van der Waals surface area contributed by atoms with Gasteiger partial charge in [0.2, 0.25) is 0 Å². The maximum absolute atomic E-state index is 11.8. The monoisotopic (exact) mass is 251 g/mol. The number of aromatic nitrogens is 1. The minimum Gasteiger partial charge on any atom is -0.292 e. The Morgan fingerprint density at radius 2 is 2.31 bits per heavy atom. The molecular formula is C12H10ClNOS. The molecule has 2 nitrogen and oxygen atoms in total. The lowest BCUT2D eigenvalue weighted by atomic mass is 10.1. The van der Waals surface area contributed by atoms with Crippen molar-refractivity contribution in [2.75, 3.05) is 0 Å². The molecule has 16 heavy (non-hydrogen) atoms. The van der Waals surface area contributed by atoms with E-state index in [0.717, 1.165) is 6.42 Å². The normalized spacial score (nSPS) is 10.3. The van der Waals surface area contributed by atoms with Crippen LogP contribution < -0.4 is 0 Å². The highest BCUT2D eigenvalue weighted by atomic mass is 35.5. The fourth-order valence-corrected chi connectivity index (χ4v) is 2.33. The number of aryl methyl sites for hydroxylation is 1. The number of carbonyl (C=O) groups excluding carboxylic acids is 1. The molecule has 0 aliphatic rings. The molecule has 0 amide bonds. The first-order valence-corrected chi connectivity index (χ1v) is 6.24. The van der Waals surface area contributed by atoms with Crippen LogP contribution in [0.2, 0.25) is 5.02 Å². The van der Waals surface area contributed by atoms with Gasteiger partial charge in [-0.05, 0) is 40.9 Å². The summed E-state index contributed by atoms with van der Waals surface area (Å²) in [5.41, 5.74) is 1.56. The second-order valence-corrected chi connectivity index (χ2v) is 4.58. The molecular weight excluding hydrogens is 242 g/mol. The van der Waals surface area contributed by atoms with E-state index in [2.05, 4.69) is 4.98 Å². The van der Waals surface area contributed by atoms with Crippen LogP contribution in [0.15, 0.2) is 35.2 Å². The summed E-state index contributed by atoms with van der Waals surface area (Å²) in [6.45, 7) is 0. The second kappa shape index (κ2) is 5.23. The first-order chi connectivity index (χ1) is 7.77. The Morgan fingerprint density at radius 1 is 1.44 bits per heavy atom. The zero-order chi connectivity index (χ0) is 11.4. The summed E-state index contributed by atoms with van der Waals surface area (Å²) in [5.74, 6) is -0.00296. The summed E-state index contributed by atoms with van der Waals surface area (Å²) in [4.78, 5) is 15.8. The molecule has 0 N–H and O–H groups in total. The van der Waals surface area contributed by atoms with Gasteiger partial charge in [0.05, 0.1) is 5.02 Å². The number of halogens is 1. The van der Waals surface area contributed by atoms with E-state index < -0.39 is 0 Å². The van der Waals surface area contributed by atoms with Crippen molar-refractivity contribution in [3.8, 4) is 0 Å². The van der Waals surface area contributed by atoms with E-state index >= 15 is 0 Å². The Bertz CT molecular complexity index is 482. The molecule has 2 rings (SSSR count). The van der Waals surface area contributed by atoms with Gasteiger partial charge in [-0.2, -0.15) is 11.3 Å². The van der Waals surface area contributed by atoms with Crippen molar-refractivity contribution in [1.29, 1.82) is 0 Å². The summed E-state index contributed by atoms with van der Waals surface area (Å²) < 4.78 is 0. The molecule has 0 atom stereocenters. The maximum Gasteiger partial charge on any atom is 0.183 e. The van der Waals surface area contributed by atoms with Crippen molar-refractivity contribution in [1.82, 2.24) is 4.98 Å². The second-order valence-electron chi connectivity index (χ2n) is 3.39. The molecule has 0 aliphatic carbocycles. The Morgan fingerprint density at radius 3 is 3.00 bits per heavy atom. The Balaban J connectivity index is 2.01. The van der Waals surface area contributed by atoms with Gasteiger partial charge in [-0.15, -0.1) is 0 Å². The number of thiophene rings is 1. The molecule has 0 bridgehead atoms. The lowest BCUT2D eigenvalue weighted by molar-refractivity contribution is 0.0978. The molecule has 2 aromatic heterocycles. The topological polar surface area (TPSA) is 30.0 Å². The fourth-order valence-electron chi connectivity index (χ4n) is 1.40. The standard InChI is InChI=1S/C12H10ClNOS/c13-10-2-1-6-14-12(10)11(15)4-3-9-5-7-16-8-9/h1-2,5-8H,3-4H2. The van der Waals surface area contributed by atoms with Crippen LogP contribution >= 0.6 is 22.9 Å². The minimum atomic E-state index is -0.00296. The number of nitrogens with zero attached hydrogens (tertiary/aromatic N) is 1. The van der Waals surface area contributed by atoms with Crippen molar-refractivity contribution in [2.24, 2.45) is 0 Å². The molecule has 82 valence electrons. The summed E-state index contributed by atoms with van der Waals surface area (Å²) in [5, 5.41) is 4.48. The predicted octanol–water partition coefficient (Wildman–Crippen LogP) is 3.61. The van der Waals surface area contributed by atoms with Gasteiger partial charge in [0.15, 0.2) is 5.78 Å². The van der Waals surface area contributed by atoms with Crippen molar-refractivity contribution in [3.05, 3.63) is 51.4 Å². The van der Waals surface area contributed by atoms with E-state index in [4.69, 9.17) is 11.6 Å². The van der Waals surface area contributed by atoms with E-state index in [1.807, 2.05) is 16.8 Å². The predicted molar refractivity (Wildman–Crippen MR) is 66.2 cm³/mol. The molecule has 0 aromatic carbocycles. The van der Waals surface area contributed by atoms with Gasteiger partial charge in [-0.3, -0.25) is 9.78 Å². The third-order valence-electron chi connectivity index (χ3n) is 2.24. The van der Waals surface area contributed by atoms with Gasteiger partial charge in [-0.1, -0.05) is 11.6 Å². The highest BCUT2D eigenvalue weighted by molar-refractivity contribution is 7.07. The van der Waals surface area contributed by atoms with Gasteiger partial charge < -0.3 is 0 Å². The lowest BCUT2D eigenvalue weighted by Crippen LogP contribution is -2.04. The largest absolute Gasteiger partial charge is 0.292 e. The molecule has 2 aromatic rings. The SMILES string of the molecule is O=C(CCc1ccsc1)c1ncccc1Cl. The number of hydrogen-bond acceptors (Lipinski definition) is 3. The Labute approximate surface area is 103 Å². The number of ketones is 1. The van der Waals surface area contributed by atoms with Crippen LogP contribution in [0.5, 0.6) is 0 Å². The van der Waals surface area contributed by atoms with Crippen LogP contribution in [0.3, 0.4) is 0 Å². The summed E-state index contributed by atoms with van der Waals surface area (Å²) >= 11 is 7.54. The lowest BCUT2D eigenvalue weighted by Gasteiger charge is -2.01. The van der Waals surface area contributed by atoms with E-state index in [-0.39, 0.29) is 5.78 Å². The third kappa shape index (κ3) is 2.68. The Hall–Kier alpha value is -1.19. The fraction of sp³-hybridized carbons (Fsp3) is 0.167. The van der Waals surface area contributed by atoms with Gasteiger partial charge in [-0.25, -0.2) is 0 Å². The van der Waals surface area contributed by atoms with Crippen molar-refractivity contribution < 1.29 is 4.79 Å². The molecule has 0 radical (unpaired) electrons. The first-order valence-electron chi connectivity index (χ1n) is 4.92. The zero-order valence-electron chi connectivity index (χ0n) is 8.52. The van der Waals surface area contributed by atoms with Crippen molar-refractivity contribution in [2.45, 2.75) is 12.8 Å². The van der Waals surface area contributed by atoms with Crippen LogP contribution in [0.4, 0.5) is 0 Å². The van der Waals surface area contributed by atoms with Crippen LogP contribution in [-0.2, 0) is 6.42 Å². The molecule has 0 saturated heterocycles. The molecule has 0 unspecified atom stereocenters. The number of carbonyl (C=O) groups is 1. The third-order valence-corrected chi connectivity index (χ3v) is 3.28. The van der Waals surface area contributed by atoms with Crippen LogP contribution in [0.25, 0.3) is 0 Å². The molecule has 2 heterocycles. The van der Waals surface area contributed by atoms with Gasteiger partial charge in [0, 0.05) is 12.6 Å². The van der Waals surface area contributed by atoms with Crippen molar-refractivity contribution >= 4 is 28.7 Å². The highest BCUT2D eigenvalue weighted by Gasteiger charge is 2.11. The first kappa shape index (κ1) is 11.3.